The molecule has 0 amide bonds. The monoisotopic (exact) mass is 518 g/mol. The van der Waals surface area contributed by atoms with Gasteiger partial charge < -0.3 is 14.6 Å². The standard InChI is InChI=1S/C23H21F3N6O5/c1-12-7-14(9-15(8-12)19-28-6-5-17(29-19)23(24,25)26)18-16(10-27)30-32(31-18)13(2)37-21(35)36-11-22(3,4)20(33)34/h5-9,13H,11H2,1-4H3,(H,33,34). The van der Waals surface area contributed by atoms with Crippen molar-refractivity contribution in [3.63, 3.8) is 0 Å². The molecule has 1 unspecified atom stereocenters. The molecule has 3 rings (SSSR count). The molecule has 2 heterocycles. The first-order chi connectivity index (χ1) is 17.2. The van der Waals surface area contributed by atoms with Gasteiger partial charge in [0.2, 0.25) is 6.23 Å². The molecule has 0 saturated carbocycles. The molecule has 0 spiro atoms. The first kappa shape index (κ1) is 27.1. The predicted molar refractivity (Wildman–Crippen MR) is 119 cm³/mol. The fraction of sp³-hybridized carbons (Fsp3) is 0.348. The maximum absolute atomic E-state index is 13.1. The number of ether oxygens (including phenoxy) is 2. The Morgan fingerprint density at radius 2 is 1.86 bits per heavy atom. The molecule has 0 radical (unpaired) electrons. The highest BCUT2D eigenvalue weighted by Gasteiger charge is 2.33. The summed E-state index contributed by atoms with van der Waals surface area (Å²) < 4.78 is 49.2. The number of aryl methyl sites for hydroxylation is 1. The Kier molecular flexibility index (Phi) is 7.47. The summed E-state index contributed by atoms with van der Waals surface area (Å²) in [4.78, 5) is 31.6. The number of aromatic nitrogens is 5. The van der Waals surface area contributed by atoms with Gasteiger partial charge in [0.25, 0.3) is 0 Å². The highest BCUT2D eigenvalue weighted by atomic mass is 19.4. The third-order valence-electron chi connectivity index (χ3n) is 5.01. The fourth-order valence-electron chi connectivity index (χ4n) is 2.98. The minimum absolute atomic E-state index is 0.0789. The average Bonchev–Trinajstić information content (AvgIpc) is 3.27. The SMILES string of the molecule is Cc1cc(-c2nccc(C(F)(F)F)n2)cc(-c2nn(C(C)OC(=O)OCC(C)(C)C(=O)O)nc2C#N)c1. The molecule has 0 bridgehead atoms. The zero-order valence-corrected chi connectivity index (χ0v) is 20.1. The first-order valence-electron chi connectivity index (χ1n) is 10.7. The lowest BCUT2D eigenvalue weighted by molar-refractivity contribution is -0.149. The molecule has 0 aliphatic rings. The van der Waals surface area contributed by atoms with Crippen LogP contribution in [0.15, 0.2) is 30.5 Å². The molecule has 37 heavy (non-hydrogen) atoms. The van der Waals surface area contributed by atoms with Gasteiger partial charge in [-0.25, -0.2) is 14.8 Å². The Labute approximate surface area is 208 Å². The largest absolute Gasteiger partial charge is 0.510 e. The van der Waals surface area contributed by atoms with E-state index < -0.39 is 42.2 Å². The van der Waals surface area contributed by atoms with Crippen LogP contribution in [0.2, 0.25) is 0 Å². The highest BCUT2D eigenvalue weighted by Crippen LogP contribution is 2.31. The lowest BCUT2D eigenvalue weighted by Crippen LogP contribution is -2.31. The van der Waals surface area contributed by atoms with E-state index >= 15 is 0 Å². The number of nitrogens with zero attached hydrogens (tertiary/aromatic N) is 6. The van der Waals surface area contributed by atoms with Crippen molar-refractivity contribution in [3.05, 3.63) is 47.4 Å². The molecule has 194 valence electrons. The summed E-state index contributed by atoms with van der Waals surface area (Å²) in [5.41, 5.74) is -1.27. The molecule has 1 atom stereocenters. The van der Waals surface area contributed by atoms with Crippen LogP contribution in [-0.4, -0.2) is 48.8 Å². The minimum atomic E-state index is -4.65. The van der Waals surface area contributed by atoms with E-state index in [2.05, 4.69) is 20.2 Å². The number of carboxylic acids is 1. The minimum Gasteiger partial charge on any atom is -0.481 e. The number of carbonyl (C=O) groups excluding carboxylic acids is 1. The highest BCUT2D eigenvalue weighted by molar-refractivity contribution is 5.74. The molecule has 0 aliphatic carbocycles. The van der Waals surface area contributed by atoms with E-state index in [4.69, 9.17) is 14.6 Å². The van der Waals surface area contributed by atoms with Crippen molar-refractivity contribution in [3.8, 4) is 28.7 Å². The van der Waals surface area contributed by atoms with E-state index in [0.29, 0.717) is 11.1 Å². The van der Waals surface area contributed by atoms with Crippen LogP contribution in [0.3, 0.4) is 0 Å². The van der Waals surface area contributed by atoms with Crippen LogP contribution < -0.4 is 0 Å². The number of aliphatic carboxylic acids is 1. The molecular weight excluding hydrogens is 497 g/mol. The van der Waals surface area contributed by atoms with Gasteiger partial charge in [-0.05, 0) is 57.5 Å². The maximum Gasteiger partial charge on any atom is 0.510 e. The zero-order valence-electron chi connectivity index (χ0n) is 20.1. The van der Waals surface area contributed by atoms with Gasteiger partial charge in [0, 0.05) is 17.3 Å². The molecule has 11 nitrogen and oxygen atoms in total. The number of halogens is 3. The summed E-state index contributed by atoms with van der Waals surface area (Å²) >= 11 is 0. The summed E-state index contributed by atoms with van der Waals surface area (Å²) in [5, 5.41) is 26.9. The quantitative estimate of drug-likeness (QED) is 0.446. The van der Waals surface area contributed by atoms with Crippen molar-refractivity contribution in [2.75, 3.05) is 6.61 Å². The van der Waals surface area contributed by atoms with Crippen molar-refractivity contribution in [1.82, 2.24) is 25.0 Å². The molecule has 0 aliphatic heterocycles. The van der Waals surface area contributed by atoms with Gasteiger partial charge in [0.05, 0.1) is 5.41 Å². The van der Waals surface area contributed by atoms with Crippen LogP contribution in [0.25, 0.3) is 22.6 Å². The summed E-state index contributed by atoms with van der Waals surface area (Å²) in [7, 11) is 0. The van der Waals surface area contributed by atoms with E-state index in [1.54, 1.807) is 19.1 Å². The normalized spacial score (nSPS) is 12.5. The summed E-state index contributed by atoms with van der Waals surface area (Å²) in [6.45, 7) is 5.38. The van der Waals surface area contributed by atoms with Crippen molar-refractivity contribution in [2.24, 2.45) is 5.41 Å². The molecule has 1 N–H and O–H groups in total. The van der Waals surface area contributed by atoms with Gasteiger partial charge in [0.1, 0.15) is 24.1 Å². The molecule has 0 fully saturated rings. The number of alkyl halides is 3. The number of hydrogen-bond acceptors (Lipinski definition) is 9. The number of benzene rings is 1. The predicted octanol–water partition coefficient (Wildman–Crippen LogP) is 4.38. The van der Waals surface area contributed by atoms with Gasteiger partial charge in [-0.3, -0.25) is 4.79 Å². The van der Waals surface area contributed by atoms with Gasteiger partial charge in [-0.2, -0.15) is 18.4 Å². The van der Waals surface area contributed by atoms with Gasteiger partial charge in [-0.15, -0.1) is 15.0 Å². The number of carbonyl (C=O) groups is 2. The Morgan fingerprint density at radius 3 is 2.49 bits per heavy atom. The third-order valence-corrected chi connectivity index (χ3v) is 5.01. The molecule has 14 heteroatoms. The van der Waals surface area contributed by atoms with Gasteiger partial charge in [0.15, 0.2) is 11.5 Å². The lowest BCUT2D eigenvalue weighted by Gasteiger charge is -2.19. The Hall–Kier alpha value is -4.54. The Morgan fingerprint density at radius 1 is 1.19 bits per heavy atom. The van der Waals surface area contributed by atoms with E-state index in [1.165, 1.54) is 26.8 Å². The Balaban J connectivity index is 1.88. The number of hydrogen-bond donors (Lipinski definition) is 1. The topological polar surface area (TPSA) is 153 Å². The van der Waals surface area contributed by atoms with Gasteiger partial charge >= 0.3 is 18.3 Å². The lowest BCUT2D eigenvalue weighted by atomic mass is 9.95. The Bertz CT molecular complexity index is 1380. The molecule has 2 aromatic heterocycles. The van der Waals surface area contributed by atoms with Crippen LogP contribution >= 0.6 is 0 Å². The van der Waals surface area contributed by atoms with Crippen LogP contribution in [0.1, 0.15) is 44.0 Å². The van der Waals surface area contributed by atoms with Gasteiger partial charge in [-0.1, -0.05) is 0 Å². The fourth-order valence-corrected chi connectivity index (χ4v) is 2.98. The van der Waals surface area contributed by atoms with Crippen LogP contribution in [0.4, 0.5) is 18.0 Å². The van der Waals surface area contributed by atoms with Crippen LogP contribution in [-0.2, 0) is 20.4 Å². The van der Waals surface area contributed by atoms with E-state index in [-0.39, 0.29) is 22.8 Å². The van der Waals surface area contributed by atoms with Crippen molar-refractivity contribution in [2.45, 2.75) is 40.1 Å². The van der Waals surface area contributed by atoms with E-state index in [0.717, 1.165) is 17.1 Å². The summed E-state index contributed by atoms with van der Waals surface area (Å²) in [6.07, 6.45) is -5.96. The first-order valence-corrected chi connectivity index (χ1v) is 10.7. The van der Waals surface area contributed by atoms with E-state index in [1.807, 2.05) is 6.07 Å². The average molecular weight is 518 g/mol. The van der Waals surface area contributed by atoms with Crippen LogP contribution in [0, 0.1) is 23.7 Å². The molecule has 1 aromatic carbocycles. The van der Waals surface area contributed by atoms with E-state index in [9.17, 15) is 28.0 Å². The molecule has 0 saturated heterocycles. The number of rotatable bonds is 7. The van der Waals surface area contributed by atoms with Crippen molar-refractivity contribution in [1.29, 1.82) is 5.26 Å². The second kappa shape index (κ2) is 10.2. The smallest absolute Gasteiger partial charge is 0.481 e. The zero-order chi connectivity index (χ0) is 27.5. The number of nitriles is 1. The maximum atomic E-state index is 13.1. The molecular formula is C23H21F3N6O5. The second-order valence-corrected chi connectivity index (χ2v) is 8.63. The third kappa shape index (κ3) is 6.37. The second-order valence-electron chi connectivity index (χ2n) is 8.63. The number of carboxylic acid groups (broad SMARTS) is 1. The summed E-state index contributed by atoms with van der Waals surface area (Å²) in [6, 6.07) is 7.32. The summed E-state index contributed by atoms with van der Waals surface area (Å²) in [5.74, 6) is -1.34. The molecule has 3 aromatic rings. The van der Waals surface area contributed by atoms with Crippen molar-refractivity contribution < 1.29 is 37.3 Å². The van der Waals surface area contributed by atoms with Crippen LogP contribution in [0.5, 0.6) is 0 Å². The van der Waals surface area contributed by atoms with Crippen molar-refractivity contribution >= 4 is 12.1 Å².